The van der Waals surface area contributed by atoms with Crippen molar-refractivity contribution in [1.82, 2.24) is 9.78 Å². The van der Waals surface area contributed by atoms with E-state index in [-0.39, 0.29) is 16.8 Å². The first-order valence-corrected chi connectivity index (χ1v) is 9.52. The fourth-order valence-corrected chi connectivity index (χ4v) is 3.94. The van der Waals surface area contributed by atoms with Crippen LogP contribution in [0.15, 0.2) is 41.4 Å². The Morgan fingerprint density at radius 1 is 1.00 bits per heavy atom. The van der Waals surface area contributed by atoms with Crippen LogP contribution < -0.4 is 4.72 Å². The second-order valence-corrected chi connectivity index (χ2v) is 7.87. The van der Waals surface area contributed by atoms with Gasteiger partial charge in [0.25, 0.3) is 10.0 Å². The van der Waals surface area contributed by atoms with Crippen LogP contribution >= 0.6 is 0 Å². The van der Waals surface area contributed by atoms with Crippen LogP contribution in [0.4, 0.5) is 23.4 Å². The molecule has 0 aliphatic rings. The normalized spacial score (nSPS) is 11.6. The molecule has 28 heavy (non-hydrogen) atoms. The van der Waals surface area contributed by atoms with Gasteiger partial charge in [-0.2, -0.15) is 5.10 Å². The predicted octanol–water partition coefficient (Wildman–Crippen LogP) is 3.91. The molecule has 2 aromatic carbocycles. The summed E-state index contributed by atoms with van der Waals surface area (Å²) in [4.78, 5) is 0.0614. The van der Waals surface area contributed by atoms with Gasteiger partial charge in [-0.1, -0.05) is 12.1 Å². The van der Waals surface area contributed by atoms with Gasteiger partial charge in [0.15, 0.2) is 29.1 Å². The van der Waals surface area contributed by atoms with Crippen LogP contribution in [0.1, 0.15) is 16.7 Å². The Morgan fingerprint density at radius 2 is 1.64 bits per heavy atom. The molecule has 0 bridgehead atoms. The van der Waals surface area contributed by atoms with Crippen LogP contribution in [-0.2, 0) is 16.6 Å². The number of hydrogen-bond acceptors (Lipinski definition) is 3. The van der Waals surface area contributed by atoms with E-state index in [1.807, 2.05) is 0 Å². The van der Waals surface area contributed by atoms with Crippen molar-refractivity contribution >= 4 is 15.8 Å². The van der Waals surface area contributed by atoms with E-state index < -0.39 is 45.4 Å². The quantitative estimate of drug-likeness (QED) is 0.510. The lowest BCUT2D eigenvalue weighted by atomic mass is 10.2. The molecule has 0 unspecified atom stereocenters. The molecular formula is C18H15F4N3O2S. The molecule has 0 radical (unpaired) electrons. The number of nitrogens with zero attached hydrogens (tertiary/aromatic N) is 2. The zero-order chi connectivity index (χ0) is 20.6. The third-order valence-electron chi connectivity index (χ3n) is 4.04. The Balaban J connectivity index is 1.87. The third kappa shape index (κ3) is 3.86. The minimum absolute atomic E-state index is 0.0614. The largest absolute Gasteiger partial charge is 0.266 e. The highest BCUT2D eigenvalue weighted by Crippen LogP contribution is 2.22. The second kappa shape index (κ2) is 7.27. The number of hydrogen-bond donors (Lipinski definition) is 1. The molecule has 0 amide bonds. The Labute approximate surface area is 158 Å². The van der Waals surface area contributed by atoms with Crippen molar-refractivity contribution in [3.8, 4) is 0 Å². The minimum atomic E-state index is -3.95. The number of aryl methyl sites for hydroxylation is 2. The highest BCUT2D eigenvalue weighted by molar-refractivity contribution is 7.92. The van der Waals surface area contributed by atoms with E-state index in [0.717, 1.165) is 10.2 Å². The number of sulfonamides is 1. The average Bonchev–Trinajstić information content (AvgIpc) is 3.05. The molecule has 3 rings (SSSR count). The molecule has 0 aliphatic heterocycles. The van der Waals surface area contributed by atoms with Gasteiger partial charge in [-0.3, -0.25) is 9.40 Å². The maximum absolute atomic E-state index is 13.8. The third-order valence-corrected chi connectivity index (χ3v) is 5.53. The lowest BCUT2D eigenvalue weighted by Crippen LogP contribution is -2.15. The summed E-state index contributed by atoms with van der Waals surface area (Å²) in [6, 6.07) is 6.29. The van der Waals surface area contributed by atoms with Crippen molar-refractivity contribution in [2.45, 2.75) is 25.3 Å². The molecule has 5 nitrogen and oxygen atoms in total. The van der Waals surface area contributed by atoms with Crippen molar-refractivity contribution < 1.29 is 26.0 Å². The number of benzene rings is 2. The van der Waals surface area contributed by atoms with Crippen LogP contribution in [0.3, 0.4) is 0 Å². The van der Waals surface area contributed by atoms with Crippen LogP contribution in [0.5, 0.6) is 0 Å². The van der Waals surface area contributed by atoms with Gasteiger partial charge in [0, 0.05) is 18.3 Å². The lowest BCUT2D eigenvalue weighted by Gasteiger charge is -2.10. The molecule has 1 N–H and O–H groups in total. The van der Waals surface area contributed by atoms with Gasteiger partial charge >= 0.3 is 0 Å². The summed E-state index contributed by atoms with van der Waals surface area (Å²) in [5.41, 5.74) is 0.414. The van der Waals surface area contributed by atoms with Gasteiger partial charge in [-0.05, 0) is 31.0 Å². The van der Waals surface area contributed by atoms with E-state index in [4.69, 9.17) is 0 Å². The van der Waals surface area contributed by atoms with Gasteiger partial charge in [0.2, 0.25) is 0 Å². The molecule has 0 saturated carbocycles. The van der Waals surface area contributed by atoms with E-state index in [9.17, 15) is 26.0 Å². The number of nitrogens with one attached hydrogen (secondary N) is 1. The standard InChI is InChI=1S/C18H15F4N3O2S/c1-10-3-4-11(2)15(7-10)28(26,27)24-16-5-6-25(23-16)9-12-17(21)13(19)8-14(20)18(12)22/h3-8H,9H2,1-2H3,(H,23,24). The Bertz CT molecular complexity index is 1130. The highest BCUT2D eigenvalue weighted by Gasteiger charge is 2.21. The summed E-state index contributed by atoms with van der Waals surface area (Å²) in [7, 11) is -3.95. The molecule has 1 heterocycles. The first kappa shape index (κ1) is 19.9. The smallest absolute Gasteiger partial charge is 0.263 e. The van der Waals surface area contributed by atoms with Crippen molar-refractivity contribution in [2.24, 2.45) is 0 Å². The van der Waals surface area contributed by atoms with Crippen LogP contribution in [-0.4, -0.2) is 18.2 Å². The van der Waals surface area contributed by atoms with Crippen LogP contribution in [0.25, 0.3) is 0 Å². The summed E-state index contributed by atoms with van der Waals surface area (Å²) in [5.74, 6) is -6.24. The molecule has 10 heteroatoms. The van der Waals surface area contributed by atoms with E-state index in [1.54, 1.807) is 26.0 Å². The molecular weight excluding hydrogens is 398 g/mol. The number of halogens is 4. The molecule has 0 atom stereocenters. The Morgan fingerprint density at radius 3 is 2.29 bits per heavy atom. The molecule has 0 fully saturated rings. The zero-order valence-corrected chi connectivity index (χ0v) is 15.6. The Kier molecular flexibility index (Phi) is 5.16. The van der Waals surface area contributed by atoms with Gasteiger partial charge < -0.3 is 0 Å². The fraction of sp³-hybridized carbons (Fsp3) is 0.167. The monoisotopic (exact) mass is 413 g/mol. The van der Waals surface area contributed by atoms with Gasteiger partial charge in [0.05, 0.1) is 17.0 Å². The second-order valence-electron chi connectivity index (χ2n) is 6.22. The van der Waals surface area contributed by atoms with Crippen molar-refractivity contribution in [3.05, 3.63) is 76.5 Å². The molecule has 3 aromatic rings. The van der Waals surface area contributed by atoms with Gasteiger partial charge in [-0.15, -0.1) is 0 Å². The summed E-state index contributed by atoms with van der Waals surface area (Å²) in [6.45, 7) is 2.75. The highest BCUT2D eigenvalue weighted by atomic mass is 32.2. The van der Waals surface area contributed by atoms with Crippen molar-refractivity contribution in [1.29, 1.82) is 0 Å². The molecule has 0 spiro atoms. The lowest BCUT2D eigenvalue weighted by molar-refractivity contribution is 0.431. The first-order chi connectivity index (χ1) is 13.1. The number of rotatable bonds is 5. The SMILES string of the molecule is Cc1ccc(C)c(S(=O)(=O)Nc2ccn(Cc3c(F)c(F)cc(F)c3F)n2)c1. The van der Waals surface area contributed by atoms with E-state index in [2.05, 4.69) is 9.82 Å². The van der Waals surface area contributed by atoms with Crippen molar-refractivity contribution in [3.63, 3.8) is 0 Å². The summed E-state index contributed by atoms with van der Waals surface area (Å²) < 4.78 is 82.5. The fourth-order valence-electron chi connectivity index (χ4n) is 2.62. The maximum Gasteiger partial charge on any atom is 0.263 e. The summed E-state index contributed by atoms with van der Waals surface area (Å²) >= 11 is 0. The topological polar surface area (TPSA) is 64.0 Å². The van der Waals surface area contributed by atoms with Gasteiger partial charge in [0.1, 0.15) is 0 Å². The molecule has 148 valence electrons. The van der Waals surface area contributed by atoms with E-state index in [0.29, 0.717) is 5.56 Å². The minimum Gasteiger partial charge on any atom is -0.266 e. The van der Waals surface area contributed by atoms with Gasteiger partial charge in [-0.25, -0.2) is 26.0 Å². The number of aromatic nitrogens is 2. The molecule has 1 aromatic heterocycles. The van der Waals surface area contributed by atoms with Crippen LogP contribution in [0, 0.1) is 37.1 Å². The van der Waals surface area contributed by atoms with Crippen LogP contribution in [0.2, 0.25) is 0 Å². The average molecular weight is 413 g/mol. The first-order valence-electron chi connectivity index (χ1n) is 8.04. The predicted molar refractivity (Wildman–Crippen MR) is 94.3 cm³/mol. The number of anilines is 1. The summed E-state index contributed by atoms with van der Waals surface area (Å²) in [6.07, 6.45) is 1.22. The maximum atomic E-state index is 13.8. The van der Waals surface area contributed by atoms with Crippen molar-refractivity contribution in [2.75, 3.05) is 4.72 Å². The molecule has 0 aliphatic carbocycles. The Hall–Kier alpha value is -2.88. The molecule has 0 saturated heterocycles. The summed E-state index contributed by atoms with van der Waals surface area (Å²) in [5, 5.41) is 3.86. The van der Waals surface area contributed by atoms with E-state index >= 15 is 0 Å². The van der Waals surface area contributed by atoms with E-state index in [1.165, 1.54) is 18.3 Å². The zero-order valence-electron chi connectivity index (χ0n) is 14.8.